The molecule has 0 amide bonds. The van der Waals surface area contributed by atoms with Crippen molar-refractivity contribution in [3.05, 3.63) is 76.1 Å². The van der Waals surface area contributed by atoms with Crippen LogP contribution in [0.2, 0.25) is 5.02 Å². The molecular formula is C40H50ClN3O5. The number of nitrogens with zero attached hydrogens (tertiary/aromatic N) is 2. The molecule has 8 nitrogen and oxygen atoms in total. The summed E-state index contributed by atoms with van der Waals surface area (Å²) in [6.45, 7) is 6.51. The van der Waals surface area contributed by atoms with Gasteiger partial charge in [-0.15, -0.1) is 0 Å². The van der Waals surface area contributed by atoms with Gasteiger partial charge in [0, 0.05) is 34.7 Å². The van der Waals surface area contributed by atoms with Crippen LogP contribution in [-0.2, 0) is 23.1 Å². The highest BCUT2D eigenvalue weighted by atomic mass is 35.5. The van der Waals surface area contributed by atoms with Crippen molar-refractivity contribution in [3.8, 4) is 17.2 Å². The molecule has 1 spiro atoms. The van der Waals surface area contributed by atoms with Crippen molar-refractivity contribution in [2.75, 3.05) is 39.2 Å². The number of carboxylic acid groups (broad SMARTS) is 1. The maximum Gasteiger partial charge on any atom is 0.329 e. The van der Waals surface area contributed by atoms with Gasteiger partial charge in [-0.3, -0.25) is 4.98 Å². The van der Waals surface area contributed by atoms with Crippen molar-refractivity contribution >= 4 is 23.3 Å². The van der Waals surface area contributed by atoms with Crippen molar-refractivity contribution in [2.24, 2.45) is 11.8 Å². The topological polar surface area (TPSA) is 93.2 Å². The molecule has 7 rings (SSSR count). The van der Waals surface area contributed by atoms with Gasteiger partial charge in [0.1, 0.15) is 24.0 Å². The van der Waals surface area contributed by atoms with Crippen LogP contribution in [-0.4, -0.2) is 66.5 Å². The molecule has 2 heterocycles. The summed E-state index contributed by atoms with van der Waals surface area (Å²) < 4.78 is 19.4. The van der Waals surface area contributed by atoms with Crippen molar-refractivity contribution in [1.29, 1.82) is 0 Å². The lowest BCUT2D eigenvalue weighted by molar-refractivity contribution is -0.144. The number of ether oxygens (including phenoxy) is 3. The summed E-state index contributed by atoms with van der Waals surface area (Å²) in [6, 6.07) is 13.8. The number of aromatic nitrogens is 1. The third-order valence-electron chi connectivity index (χ3n) is 11.6. The zero-order valence-electron chi connectivity index (χ0n) is 29.3. The molecule has 0 bridgehead atoms. The molecule has 1 fully saturated rings. The minimum atomic E-state index is -1.07. The molecular weight excluding hydrogens is 638 g/mol. The average molecular weight is 688 g/mol. The zero-order chi connectivity index (χ0) is 34.3. The molecule has 262 valence electrons. The van der Waals surface area contributed by atoms with Gasteiger partial charge >= 0.3 is 5.97 Å². The molecule has 4 atom stereocenters. The Morgan fingerprint density at radius 2 is 1.98 bits per heavy atom. The van der Waals surface area contributed by atoms with Gasteiger partial charge in [0.15, 0.2) is 11.5 Å². The van der Waals surface area contributed by atoms with Crippen LogP contribution in [0.1, 0.15) is 87.1 Å². The van der Waals surface area contributed by atoms with Crippen LogP contribution in [0.4, 0.5) is 5.69 Å². The summed E-state index contributed by atoms with van der Waals surface area (Å²) in [5.41, 5.74) is 4.58. The van der Waals surface area contributed by atoms with Gasteiger partial charge in [-0.25, -0.2) is 4.79 Å². The SMILES string of the molecule is C[C@@H](COc1ccnc2c1[C@H](C)CCC2)C[C@H]1Cc2cc3c(cc2C12CCC(Nc1cccc(Cl)c1)(C(=O)O)CC2)OC[C@@H](CN(C)C)O3. The van der Waals surface area contributed by atoms with E-state index >= 15 is 0 Å². The van der Waals surface area contributed by atoms with E-state index in [0.29, 0.717) is 48.8 Å². The zero-order valence-corrected chi connectivity index (χ0v) is 30.0. The number of rotatable bonds is 10. The number of halogens is 1. The predicted molar refractivity (Wildman–Crippen MR) is 193 cm³/mol. The van der Waals surface area contributed by atoms with Gasteiger partial charge in [0.25, 0.3) is 0 Å². The number of pyridine rings is 1. The molecule has 3 aliphatic carbocycles. The Hall–Kier alpha value is -3.49. The molecule has 0 unspecified atom stereocenters. The minimum absolute atomic E-state index is 0.0195. The highest BCUT2D eigenvalue weighted by Gasteiger charge is 2.54. The molecule has 1 saturated carbocycles. The fourth-order valence-electron chi connectivity index (χ4n) is 9.21. The first kappa shape index (κ1) is 34.0. The van der Waals surface area contributed by atoms with Gasteiger partial charge < -0.3 is 29.5 Å². The van der Waals surface area contributed by atoms with E-state index in [9.17, 15) is 9.90 Å². The van der Waals surface area contributed by atoms with Crippen molar-refractivity contribution in [2.45, 2.75) is 94.6 Å². The van der Waals surface area contributed by atoms with Gasteiger partial charge in [-0.1, -0.05) is 31.5 Å². The Kier molecular flexibility index (Phi) is 9.48. The lowest BCUT2D eigenvalue weighted by atomic mass is 9.59. The number of hydrogen-bond acceptors (Lipinski definition) is 7. The van der Waals surface area contributed by atoms with Gasteiger partial charge in [0.05, 0.1) is 6.61 Å². The van der Waals surface area contributed by atoms with Crippen molar-refractivity contribution in [1.82, 2.24) is 9.88 Å². The minimum Gasteiger partial charge on any atom is -0.493 e. The van der Waals surface area contributed by atoms with E-state index in [2.05, 4.69) is 41.2 Å². The van der Waals surface area contributed by atoms with Crippen LogP contribution in [0.3, 0.4) is 0 Å². The number of aliphatic carboxylic acids is 1. The Balaban J connectivity index is 1.15. The van der Waals surface area contributed by atoms with E-state index in [1.54, 1.807) is 12.1 Å². The van der Waals surface area contributed by atoms with Crippen molar-refractivity contribution in [3.63, 3.8) is 0 Å². The molecule has 2 N–H and O–H groups in total. The fourth-order valence-corrected chi connectivity index (χ4v) is 9.40. The van der Waals surface area contributed by atoms with Crippen LogP contribution < -0.4 is 19.5 Å². The van der Waals surface area contributed by atoms with Gasteiger partial charge in [0.2, 0.25) is 0 Å². The third kappa shape index (κ3) is 6.71. The molecule has 9 heteroatoms. The molecule has 49 heavy (non-hydrogen) atoms. The number of benzene rings is 2. The normalized spacial score (nSPS) is 27.8. The molecule has 1 aliphatic heterocycles. The summed E-state index contributed by atoms with van der Waals surface area (Å²) in [7, 11) is 4.10. The van der Waals surface area contributed by atoms with Gasteiger partial charge in [-0.2, -0.15) is 0 Å². The number of aryl methyl sites for hydroxylation is 1. The Morgan fingerprint density at radius 3 is 2.73 bits per heavy atom. The standard InChI is InChI=1S/C40H50ClN3O5/c1-25(23-47-34-11-16-42-33-10-5-7-26(2)37(33)34)17-28-18-27-19-36-35(48-24-31(49-36)22-44(3)4)21-32(27)39(28)12-14-40(15-13-39,38(45)46)43-30-9-6-8-29(41)20-30/h6,8-9,11,16,19-21,25-26,28,31,43H,5,7,10,12-15,17-18,22-24H2,1-4H3,(H,45,46)/t25-,26-,28+,31-,39?,40?/m1/s1. The number of nitrogens with one attached hydrogen (secondary N) is 1. The predicted octanol–water partition coefficient (Wildman–Crippen LogP) is 7.90. The maximum absolute atomic E-state index is 13.0. The van der Waals surface area contributed by atoms with E-state index in [1.807, 2.05) is 38.5 Å². The van der Waals surface area contributed by atoms with Gasteiger partial charge in [-0.05, 0) is 143 Å². The first-order valence-corrected chi connectivity index (χ1v) is 18.4. The molecule has 0 radical (unpaired) electrons. The molecule has 3 aromatic rings. The first-order valence-electron chi connectivity index (χ1n) is 18.0. The second-order valence-corrected chi connectivity index (χ2v) is 15.9. The maximum atomic E-state index is 13.0. The second kappa shape index (κ2) is 13.7. The highest BCUT2D eigenvalue weighted by molar-refractivity contribution is 6.30. The Labute approximate surface area is 295 Å². The van der Waals surface area contributed by atoms with E-state index < -0.39 is 11.5 Å². The number of carbonyl (C=O) groups is 1. The summed E-state index contributed by atoms with van der Waals surface area (Å²) in [6.07, 6.45) is 9.69. The number of carboxylic acids is 1. The summed E-state index contributed by atoms with van der Waals surface area (Å²) in [5.74, 6) is 2.89. The second-order valence-electron chi connectivity index (χ2n) is 15.5. The number of hydrogen-bond donors (Lipinski definition) is 2. The third-order valence-corrected chi connectivity index (χ3v) is 11.9. The number of likely N-dealkylation sites (N-methyl/N-ethyl adjacent to an activating group) is 1. The molecule has 1 aromatic heterocycles. The fraction of sp³-hybridized carbons (Fsp3) is 0.550. The average Bonchev–Trinajstić information content (AvgIpc) is 3.34. The van der Waals surface area contributed by atoms with Crippen LogP contribution in [0.25, 0.3) is 0 Å². The largest absolute Gasteiger partial charge is 0.493 e. The lowest BCUT2D eigenvalue weighted by Crippen LogP contribution is -2.53. The van der Waals surface area contributed by atoms with E-state index in [1.165, 1.54) is 35.2 Å². The lowest BCUT2D eigenvalue weighted by Gasteiger charge is -2.47. The summed E-state index contributed by atoms with van der Waals surface area (Å²) >= 11 is 6.28. The van der Waals surface area contributed by atoms with E-state index in [4.69, 9.17) is 25.8 Å². The van der Waals surface area contributed by atoms with Crippen LogP contribution >= 0.6 is 11.6 Å². The summed E-state index contributed by atoms with van der Waals surface area (Å²) in [4.78, 5) is 19.8. The smallest absolute Gasteiger partial charge is 0.329 e. The molecule has 0 saturated heterocycles. The molecule has 2 aromatic carbocycles. The number of anilines is 1. The van der Waals surface area contributed by atoms with Crippen LogP contribution in [0.15, 0.2) is 48.7 Å². The quantitative estimate of drug-likeness (QED) is 0.222. The van der Waals surface area contributed by atoms with Crippen LogP contribution in [0.5, 0.6) is 17.2 Å². The Morgan fingerprint density at radius 1 is 1.16 bits per heavy atom. The first-order chi connectivity index (χ1) is 23.5. The van der Waals surface area contributed by atoms with E-state index in [0.717, 1.165) is 61.6 Å². The monoisotopic (exact) mass is 687 g/mol. The Bertz CT molecular complexity index is 1690. The molecule has 4 aliphatic rings. The highest BCUT2D eigenvalue weighted by Crippen LogP contribution is 2.58. The number of fused-ring (bicyclic) bond motifs is 4. The van der Waals surface area contributed by atoms with E-state index in [-0.39, 0.29) is 11.5 Å². The van der Waals surface area contributed by atoms with Crippen molar-refractivity contribution < 1.29 is 24.1 Å². The summed E-state index contributed by atoms with van der Waals surface area (Å²) in [5, 5.41) is 14.6. The van der Waals surface area contributed by atoms with Crippen LogP contribution in [0, 0.1) is 11.8 Å².